The molecular weight excluding hydrogens is 224 g/mol. The van der Waals surface area contributed by atoms with Crippen molar-refractivity contribution in [2.75, 3.05) is 13.7 Å². The van der Waals surface area contributed by atoms with Crippen molar-refractivity contribution in [3.63, 3.8) is 0 Å². The molecule has 8 heteroatoms. The fourth-order valence-corrected chi connectivity index (χ4v) is 1.60. The third-order valence-electron chi connectivity index (χ3n) is 1.59. The zero-order valence-electron chi connectivity index (χ0n) is 8.30. The molecule has 86 valence electrons. The summed E-state index contributed by atoms with van der Waals surface area (Å²) in [5.41, 5.74) is 0. The van der Waals surface area contributed by atoms with Crippen molar-refractivity contribution < 1.29 is 23.1 Å². The highest BCUT2D eigenvalue weighted by Crippen LogP contribution is 1.99. The van der Waals surface area contributed by atoms with Crippen molar-refractivity contribution in [2.45, 2.75) is 18.2 Å². The zero-order valence-corrected chi connectivity index (χ0v) is 9.11. The number of hydrogen-bond acceptors (Lipinski definition) is 5. The Bertz CT molecular complexity index is 358. The molecule has 2 N–H and O–H groups in total. The zero-order chi connectivity index (χ0) is 12.1. The van der Waals surface area contributed by atoms with Crippen LogP contribution < -0.4 is 4.72 Å². The van der Waals surface area contributed by atoms with E-state index in [0.717, 1.165) is 6.92 Å². The molecule has 0 radical (unpaired) electrons. The van der Waals surface area contributed by atoms with Gasteiger partial charge in [-0.05, 0) is 6.92 Å². The Morgan fingerprint density at radius 1 is 1.67 bits per heavy atom. The number of carboxylic acids is 1. The van der Waals surface area contributed by atoms with Gasteiger partial charge in [0.05, 0.1) is 12.7 Å². The highest BCUT2D eigenvalue weighted by Gasteiger charge is 2.28. The van der Waals surface area contributed by atoms with Crippen LogP contribution in [0.3, 0.4) is 0 Å². The first-order valence-electron chi connectivity index (χ1n) is 3.97. The van der Waals surface area contributed by atoms with Gasteiger partial charge in [-0.3, -0.25) is 4.79 Å². The first-order chi connectivity index (χ1) is 6.85. The molecule has 0 fully saturated rings. The molecule has 15 heavy (non-hydrogen) atoms. The van der Waals surface area contributed by atoms with Crippen LogP contribution in [0.4, 0.5) is 0 Å². The predicted octanol–water partition coefficient (Wildman–Crippen LogP) is -1.08. The Balaban J connectivity index is 4.69. The number of carbonyl (C=O) groups is 1. The molecule has 0 heterocycles. The van der Waals surface area contributed by atoms with Crippen molar-refractivity contribution in [3.05, 3.63) is 0 Å². The summed E-state index contributed by atoms with van der Waals surface area (Å²) >= 11 is 0. The van der Waals surface area contributed by atoms with Crippen molar-refractivity contribution in [3.8, 4) is 6.07 Å². The Labute approximate surface area is 87.7 Å². The maximum Gasteiger partial charge on any atom is 0.324 e. The second-order valence-corrected chi connectivity index (χ2v) is 4.81. The molecule has 0 rings (SSSR count). The standard InChI is InChI=1S/C7H12N2O5S/c1-5(3-8)15(12,13)9-6(4-14-2)7(10)11/h5-6,9H,4H2,1-2H3,(H,10,11). The predicted molar refractivity (Wildman–Crippen MR) is 50.4 cm³/mol. The molecule has 7 nitrogen and oxygen atoms in total. The summed E-state index contributed by atoms with van der Waals surface area (Å²) in [6.07, 6.45) is 0. The van der Waals surface area contributed by atoms with Crippen molar-refractivity contribution in [1.29, 1.82) is 5.26 Å². The van der Waals surface area contributed by atoms with E-state index < -0.39 is 27.3 Å². The molecule has 0 spiro atoms. The summed E-state index contributed by atoms with van der Waals surface area (Å²) in [5.74, 6) is -1.36. The summed E-state index contributed by atoms with van der Waals surface area (Å²) in [5, 5.41) is 15.7. The number of ether oxygens (including phenoxy) is 1. The molecule has 0 aromatic carbocycles. The molecule has 2 unspecified atom stereocenters. The molecule has 0 bridgehead atoms. The third-order valence-corrected chi connectivity index (χ3v) is 3.23. The van der Waals surface area contributed by atoms with Gasteiger partial charge in [0.15, 0.2) is 5.25 Å². The lowest BCUT2D eigenvalue weighted by Crippen LogP contribution is -2.46. The maximum atomic E-state index is 11.3. The number of sulfonamides is 1. The van der Waals surface area contributed by atoms with Gasteiger partial charge in [0, 0.05) is 7.11 Å². The van der Waals surface area contributed by atoms with Gasteiger partial charge in [-0.2, -0.15) is 9.98 Å². The van der Waals surface area contributed by atoms with Gasteiger partial charge >= 0.3 is 5.97 Å². The van der Waals surface area contributed by atoms with Crippen LogP contribution in [-0.2, 0) is 19.6 Å². The molecule has 0 aliphatic carbocycles. The second kappa shape index (κ2) is 5.65. The molecule has 0 aromatic rings. The maximum absolute atomic E-state index is 11.3. The number of methoxy groups -OCH3 is 1. The smallest absolute Gasteiger partial charge is 0.324 e. The molecule has 0 saturated heterocycles. The third kappa shape index (κ3) is 4.24. The van der Waals surface area contributed by atoms with Crippen molar-refractivity contribution in [2.24, 2.45) is 0 Å². The van der Waals surface area contributed by atoms with Crippen LogP contribution in [0.1, 0.15) is 6.92 Å². The Morgan fingerprint density at radius 3 is 2.53 bits per heavy atom. The molecular formula is C7H12N2O5S. The fraction of sp³-hybridized carbons (Fsp3) is 0.714. The van der Waals surface area contributed by atoms with Crippen LogP contribution >= 0.6 is 0 Å². The minimum Gasteiger partial charge on any atom is -0.480 e. The number of carboxylic acid groups (broad SMARTS) is 1. The highest BCUT2D eigenvalue weighted by molar-refractivity contribution is 7.90. The van der Waals surface area contributed by atoms with Gasteiger partial charge < -0.3 is 9.84 Å². The lowest BCUT2D eigenvalue weighted by atomic mass is 10.3. The normalized spacial score (nSPS) is 15.3. The number of nitrogens with zero attached hydrogens (tertiary/aromatic N) is 1. The number of nitrogens with one attached hydrogen (secondary N) is 1. The van der Waals surface area contributed by atoms with Crippen LogP contribution in [0.15, 0.2) is 0 Å². The van der Waals surface area contributed by atoms with Crippen LogP contribution in [-0.4, -0.2) is 44.5 Å². The summed E-state index contributed by atoms with van der Waals surface area (Å²) in [4.78, 5) is 10.6. The Hall–Kier alpha value is -1.17. The van der Waals surface area contributed by atoms with E-state index in [0.29, 0.717) is 0 Å². The van der Waals surface area contributed by atoms with E-state index >= 15 is 0 Å². The van der Waals surface area contributed by atoms with Crippen molar-refractivity contribution >= 4 is 16.0 Å². The number of hydrogen-bond donors (Lipinski definition) is 2. The Kier molecular flexibility index (Phi) is 5.21. The monoisotopic (exact) mass is 236 g/mol. The van der Waals surface area contributed by atoms with Gasteiger partial charge in [-0.15, -0.1) is 0 Å². The Morgan fingerprint density at radius 2 is 2.20 bits per heavy atom. The van der Waals surface area contributed by atoms with E-state index in [9.17, 15) is 13.2 Å². The van der Waals surface area contributed by atoms with Gasteiger partial charge in [0.1, 0.15) is 6.04 Å². The summed E-state index contributed by atoms with van der Waals surface area (Å²) in [6.45, 7) is 0.862. The summed E-state index contributed by atoms with van der Waals surface area (Å²) < 4.78 is 29.0. The minimum atomic E-state index is -3.95. The topological polar surface area (TPSA) is 116 Å². The van der Waals surface area contributed by atoms with Crippen LogP contribution in [0.2, 0.25) is 0 Å². The van der Waals surface area contributed by atoms with E-state index in [1.807, 2.05) is 4.72 Å². The average molecular weight is 236 g/mol. The fourth-order valence-electron chi connectivity index (χ4n) is 0.692. The number of aliphatic carboxylic acids is 1. The van der Waals surface area contributed by atoms with Gasteiger partial charge in [0.2, 0.25) is 10.0 Å². The lowest BCUT2D eigenvalue weighted by Gasteiger charge is -2.14. The van der Waals surface area contributed by atoms with Gasteiger partial charge in [-0.25, -0.2) is 8.42 Å². The average Bonchev–Trinajstić information content (AvgIpc) is 2.15. The second-order valence-electron chi connectivity index (χ2n) is 2.78. The van der Waals surface area contributed by atoms with Crippen LogP contribution in [0, 0.1) is 11.3 Å². The molecule has 0 aliphatic rings. The van der Waals surface area contributed by atoms with E-state index in [1.54, 1.807) is 0 Å². The molecule has 0 aliphatic heterocycles. The van der Waals surface area contributed by atoms with Crippen molar-refractivity contribution in [1.82, 2.24) is 4.72 Å². The first-order valence-corrected chi connectivity index (χ1v) is 5.52. The first kappa shape index (κ1) is 13.8. The highest BCUT2D eigenvalue weighted by atomic mass is 32.2. The minimum absolute atomic E-state index is 0.299. The van der Waals surface area contributed by atoms with Gasteiger partial charge in [-0.1, -0.05) is 0 Å². The summed E-state index contributed by atoms with van der Waals surface area (Å²) in [6, 6.07) is 0.128. The number of nitriles is 1. The molecule has 2 atom stereocenters. The molecule has 0 amide bonds. The van der Waals surface area contributed by atoms with Crippen LogP contribution in [0.25, 0.3) is 0 Å². The van der Waals surface area contributed by atoms with E-state index in [-0.39, 0.29) is 6.61 Å². The number of rotatable bonds is 6. The SMILES string of the molecule is COCC(NS(=O)(=O)C(C)C#N)C(=O)O. The summed E-state index contributed by atoms with van der Waals surface area (Å²) in [7, 11) is -2.70. The molecule has 0 aromatic heterocycles. The van der Waals surface area contributed by atoms with E-state index in [1.165, 1.54) is 13.2 Å². The quantitative estimate of drug-likeness (QED) is 0.605. The van der Waals surface area contributed by atoms with E-state index in [4.69, 9.17) is 10.4 Å². The molecule has 0 saturated carbocycles. The van der Waals surface area contributed by atoms with Crippen LogP contribution in [0.5, 0.6) is 0 Å². The van der Waals surface area contributed by atoms with E-state index in [2.05, 4.69) is 4.74 Å². The largest absolute Gasteiger partial charge is 0.480 e. The lowest BCUT2D eigenvalue weighted by molar-refractivity contribution is -0.140. The van der Waals surface area contributed by atoms with Gasteiger partial charge in [0.25, 0.3) is 0 Å².